The zero-order valence-electron chi connectivity index (χ0n) is 13.1. The van der Waals surface area contributed by atoms with Crippen molar-refractivity contribution in [3.05, 3.63) is 84.6 Å². The molecule has 1 aliphatic heterocycles. The van der Waals surface area contributed by atoms with Gasteiger partial charge in [-0.3, -0.25) is 4.79 Å². The second kappa shape index (κ2) is 7.33. The van der Waals surface area contributed by atoms with Gasteiger partial charge in [-0.15, -0.1) is 0 Å². The third-order valence-electron chi connectivity index (χ3n) is 3.62. The number of carbonyl (C=O) groups is 1. The number of benzene rings is 3. The van der Waals surface area contributed by atoms with E-state index in [1.165, 1.54) is 0 Å². The molecule has 3 aromatic rings. The predicted molar refractivity (Wildman–Crippen MR) is 97.2 cm³/mol. The highest BCUT2D eigenvalue weighted by atomic mass is 16.5. The van der Waals surface area contributed by atoms with Crippen LogP contribution in [0.4, 0.5) is 5.69 Å². The van der Waals surface area contributed by atoms with Crippen LogP contribution in [0.15, 0.2) is 79.1 Å². The zero-order chi connectivity index (χ0) is 16.8. The van der Waals surface area contributed by atoms with E-state index in [1.807, 2.05) is 60.7 Å². The van der Waals surface area contributed by atoms with Gasteiger partial charge in [0.15, 0.2) is 0 Å². The van der Waals surface area contributed by atoms with E-state index in [1.54, 1.807) is 18.4 Å². The molecule has 120 valence electrons. The number of primary amides is 1. The lowest BCUT2D eigenvalue weighted by Gasteiger charge is -2.04. The van der Waals surface area contributed by atoms with Crippen molar-refractivity contribution in [3.63, 3.8) is 0 Å². The van der Waals surface area contributed by atoms with Gasteiger partial charge in [0, 0.05) is 12.1 Å². The summed E-state index contributed by atoms with van der Waals surface area (Å²) >= 11 is 0. The Morgan fingerprint density at radius 2 is 1.71 bits per heavy atom. The third kappa shape index (κ3) is 3.73. The van der Waals surface area contributed by atoms with Crippen molar-refractivity contribution < 1.29 is 9.53 Å². The minimum atomic E-state index is -0.384. The highest BCUT2D eigenvalue weighted by Gasteiger charge is 2.01. The Morgan fingerprint density at radius 3 is 2.54 bits per heavy atom. The Bertz CT molecular complexity index is 887. The van der Waals surface area contributed by atoms with Crippen LogP contribution in [-0.2, 0) is 0 Å². The van der Waals surface area contributed by atoms with Crippen molar-refractivity contribution in [2.45, 2.75) is 0 Å². The number of fused-ring (bicyclic) bond motifs is 2. The van der Waals surface area contributed by atoms with E-state index in [0.29, 0.717) is 5.56 Å². The Balaban J connectivity index is 0.000000143. The van der Waals surface area contributed by atoms with E-state index in [2.05, 4.69) is 5.32 Å². The number of hydrogen-bond acceptors (Lipinski definition) is 3. The number of para-hydroxylation sites is 2. The minimum Gasteiger partial charge on any atom is -0.463 e. The lowest BCUT2D eigenvalue weighted by atomic mass is 10.1. The van der Waals surface area contributed by atoms with Gasteiger partial charge in [-0.25, -0.2) is 0 Å². The van der Waals surface area contributed by atoms with Gasteiger partial charge in [-0.1, -0.05) is 42.5 Å². The largest absolute Gasteiger partial charge is 0.463 e. The van der Waals surface area contributed by atoms with Crippen LogP contribution >= 0.6 is 0 Å². The molecular formula is C20H18N2O2. The van der Waals surface area contributed by atoms with E-state index >= 15 is 0 Å². The lowest BCUT2D eigenvalue weighted by Crippen LogP contribution is -2.10. The molecule has 1 heterocycles. The molecule has 4 nitrogen and oxygen atoms in total. The topological polar surface area (TPSA) is 64.3 Å². The number of ether oxygens (including phenoxy) is 1. The summed E-state index contributed by atoms with van der Waals surface area (Å²) < 4.78 is 5.31. The summed E-state index contributed by atoms with van der Waals surface area (Å²) in [5.74, 6) is 0.506. The molecule has 24 heavy (non-hydrogen) atoms. The van der Waals surface area contributed by atoms with Gasteiger partial charge in [-0.2, -0.15) is 0 Å². The maximum atomic E-state index is 10.9. The zero-order valence-corrected chi connectivity index (χ0v) is 13.1. The van der Waals surface area contributed by atoms with Gasteiger partial charge in [0.05, 0.1) is 11.9 Å². The van der Waals surface area contributed by atoms with E-state index in [0.717, 1.165) is 28.8 Å². The molecule has 0 saturated heterocycles. The van der Waals surface area contributed by atoms with Gasteiger partial charge in [0.25, 0.3) is 0 Å². The standard InChI is InChI=1S/C11H9NO.C9H9NO/c12-11(13)10-6-5-8-3-1-2-4-9(8)7-10;1-2-5-9-8(4-1)10-6-3-7-11-9/h1-7H,(H2,12,13);1-5,7,10H,6H2. The summed E-state index contributed by atoms with van der Waals surface area (Å²) in [6.07, 6.45) is 3.65. The number of carbonyl (C=O) groups excluding carboxylic acids is 1. The summed E-state index contributed by atoms with van der Waals surface area (Å²) in [5.41, 5.74) is 6.77. The van der Waals surface area contributed by atoms with Gasteiger partial charge >= 0.3 is 0 Å². The summed E-state index contributed by atoms with van der Waals surface area (Å²) in [6.45, 7) is 0.830. The SMILES string of the molecule is C1=COc2ccccc2NC1.NC(=O)c1ccc2ccccc2c1. The van der Waals surface area contributed by atoms with Crippen LogP contribution in [0.3, 0.4) is 0 Å². The van der Waals surface area contributed by atoms with Gasteiger partial charge in [0.1, 0.15) is 5.75 Å². The number of nitrogens with one attached hydrogen (secondary N) is 1. The molecule has 0 spiro atoms. The van der Waals surface area contributed by atoms with Crippen molar-refractivity contribution in [2.24, 2.45) is 5.73 Å². The van der Waals surface area contributed by atoms with Crippen LogP contribution in [0.5, 0.6) is 5.75 Å². The van der Waals surface area contributed by atoms with E-state index in [-0.39, 0.29) is 5.91 Å². The van der Waals surface area contributed by atoms with Crippen molar-refractivity contribution in [2.75, 3.05) is 11.9 Å². The fourth-order valence-electron chi connectivity index (χ4n) is 2.40. The molecular weight excluding hydrogens is 300 g/mol. The van der Waals surface area contributed by atoms with Crippen LogP contribution < -0.4 is 15.8 Å². The molecule has 3 N–H and O–H groups in total. The molecule has 3 aromatic carbocycles. The fraction of sp³-hybridized carbons (Fsp3) is 0.0500. The maximum Gasteiger partial charge on any atom is 0.248 e. The third-order valence-corrected chi connectivity index (χ3v) is 3.62. The second-order valence-electron chi connectivity index (χ2n) is 5.29. The Hall–Kier alpha value is -3.27. The number of hydrogen-bond donors (Lipinski definition) is 2. The van der Waals surface area contributed by atoms with Gasteiger partial charge in [0.2, 0.25) is 5.91 Å². The van der Waals surface area contributed by atoms with Crippen molar-refractivity contribution >= 4 is 22.4 Å². The summed E-state index contributed by atoms with van der Waals surface area (Å²) in [4.78, 5) is 10.9. The molecule has 0 fully saturated rings. The Labute approximate surface area is 140 Å². The van der Waals surface area contributed by atoms with E-state index in [4.69, 9.17) is 10.5 Å². The molecule has 0 atom stereocenters. The Morgan fingerprint density at radius 1 is 0.958 bits per heavy atom. The lowest BCUT2D eigenvalue weighted by molar-refractivity contribution is 0.100. The number of anilines is 1. The normalized spacial score (nSPS) is 12.0. The van der Waals surface area contributed by atoms with E-state index < -0.39 is 0 Å². The molecule has 0 aromatic heterocycles. The Kier molecular flexibility index (Phi) is 4.77. The maximum absolute atomic E-state index is 10.9. The molecule has 0 saturated carbocycles. The summed E-state index contributed by atoms with van der Waals surface area (Å²) in [6, 6.07) is 21.2. The average molecular weight is 318 g/mol. The molecule has 0 radical (unpaired) electrons. The number of rotatable bonds is 1. The van der Waals surface area contributed by atoms with Crippen LogP contribution in [-0.4, -0.2) is 12.5 Å². The highest BCUT2D eigenvalue weighted by molar-refractivity contribution is 5.97. The molecule has 4 rings (SSSR count). The first-order valence-corrected chi connectivity index (χ1v) is 7.67. The van der Waals surface area contributed by atoms with Crippen LogP contribution in [0.1, 0.15) is 10.4 Å². The second-order valence-corrected chi connectivity index (χ2v) is 5.29. The quantitative estimate of drug-likeness (QED) is 0.714. The monoisotopic (exact) mass is 318 g/mol. The van der Waals surface area contributed by atoms with Crippen molar-refractivity contribution in [3.8, 4) is 5.75 Å². The van der Waals surface area contributed by atoms with Crippen LogP contribution in [0.2, 0.25) is 0 Å². The molecule has 0 aliphatic carbocycles. The van der Waals surface area contributed by atoms with Crippen LogP contribution in [0, 0.1) is 0 Å². The van der Waals surface area contributed by atoms with Crippen LogP contribution in [0.25, 0.3) is 10.8 Å². The van der Waals surface area contributed by atoms with E-state index in [9.17, 15) is 4.79 Å². The molecule has 0 bridgehead atoms. The number of amides is 1. The minimum absolute atomic E-state index is 0.384. The molecule has 1 aliphatic rings. The first kappa shape index (κ1) is 15.6. The van der Waals surface area contributed by atoms with Gasteiger partial charge < -0.3 is 15.8 Å². The molecule has 1 amide bonds. The molecule has 4 heteroatoms. The average Bonchev–Trinajstić information content (AvgIpc) is 2.87. The van der Waals surface area contributed by atoms with Crippen molar-refractivity contribution in [1.29, 1.82) is 0 Å². The van der Waals surface area contributed by atoms with Crippen molar-refractivity contribution in [1.82, 2.24) is 0 Å². The summed E-state index contributed by atoms with van der Waals surface area (Å²) in [7, 11) is 0. The first-order chi connectivity index (χ1) is 11.7. The fourth-order valence-corrected chi connectivity index (χ4v) is 2.40. The highest BCUT2D eigenvalue weighted by Crippen LogP contribution is 2.24. The molecule has 0 unspecified atom stereocenters. The van der Waals surface area contributed by atoms with Gasteiger partial charge in [-0.05, 0) is 41.1 Å². The first-order valence-electron chi connectivity index (χ1n) is 7.67. The smallest absolute Gasteiger partial charge is 0.248 e. The number of nitrogens with two attached hydrogens (primary N) is 1. The summed E-state index contributed by atoms with van der Waals surface area (Å²) in [5, 5.41) is 5.37. The predicted octanol–water partition coefficient (Wildman–Crippen LogP) is 3.94.